The van der Waals surface area contributed by atoms with Gasteiger partial charge in [0.15, 0.2) is 5.16 Å². The van der Waals surface area contributed by atoms with Gasteiger partial charge in [-0.1, -0.05) is 30.0 Å². The number of thioether (sulfide) groups is 1. The van der Waals surface area contributed by atoms with Crippen molar-refractivity contribution >= 4 is 50.9 Å². The lowest BCUT2D eigenvalue weighted by Crippen LogP contribution is -2.17. The molecule has 1 amide bonds. The van der Waals surface area contributed by atoms with Gasteiger partial charge >= 0.3 is 5.97 Å². The Morgan fingerprint density at radius 2 is 1.97 bits per heavy atom. The maximum atomic E-state index is 12.9. The van der Waals surface area contributed by atoms with E-state index in [1.54, 1.807) is 13.3 Å². The third-order valence-corrected chi connectivity index (χ3v) is 6.94. The molecule has 1 N–H and O–H groups in total. The number of carbonyl (C=O) groups excluding carboxylic acids is 2. The van der Waals surface area contributed by atoms with Crippen LogP contribution < -0.4 is 5.32 Å². The van der Waals surface area contributed by atoms with Crippen LogP contribution >= 0.6 is 23.1 Å². The van der Waals surface area contributed by atoms with Gasteiger partial charge in [0.2, 0.25) is 5.91 Å². The highest BCUT2D eigenvalue weighted by Gasteiger charge is 2.24. The fraction of sp³-hybridized carbons (Fsp3) is 0.261. The summed E-state index contributed by atoms with van der Waals surface area (Å²) in [5.74, 6) is -0.632. The topological polar surface area (TPSA) is 99.0 Å². The molecular formula is C23H23N5O3S2. The van der Waals surface area contributed by atoms with E-state index >= 15 is 0 Å². The van der Waals surface area contributed by atoms with Gasteiger partial charge in [-0.05, 0) is 51.0 Å². The summed E-state index contributed by atoms with van der Waals surface area (Å²) in [6, 6.07) is 9.82. The van der Waals surface area contributed by atoms with E-state index < -0.39 is 5.97 Å². The lowest BCUT2D eigenvalue weighted by molar-refractivity contribution is -0.113. The number of carbonyl (C=O) groups is 2. The zero-order valence-corrected chi connectivity index (χ0v) is 20.3. The second kappa shape index (κ2) is 9.72. The number of esters is 1. The molecule has 8 nitrogen and oxygen atoms in total. The molecule has 0 aliphatic rings. The molecule has 0 bridgehead atoms. The Morgan fingerprint density at radius 3 is 2.73 bits per heavy atom. The third-order valence-electron chi connectivity index (χ3n) is 4.94. The van der Waals surface area contributed by atoms with Gasteiger partial charge in [0.1, 0.15) is 16.0 Å². The van der Waals surface area contributed by atoms with Crippen LogP contribution in [0.1, 0.15) is 33.4 Å². The predicted octanol–water partition coefficient (Wildman–Crippen LogP) is 4.71. The minimum Gasteiger partial charge on any atom is -0.462 e. The van der Waals surface area contributed by atoms with E-state index in [0.717, 1.165) is 27.9 Å². The molecule has 0 atom stereocenters. The summed E-state index contributed by atoms with van der Waals surface area (Å²) in [7, 11) is 0. The van der Waals surface area contributed by atoms with Crippen molar-refractivity contribution in [1.82, 2.24) is 19.7 Å². The number of benzene rings is 1. The first-order valence-electron chi connectivity index (χ1n) is 10.4. The summed E-state index contributed by atoms with van der Waals surface area (Å²) < 4.78 is 7.07. The van der Waals surface area contributed by atoms with Gasteiger partial charge in [0, 0.05) is 11.1 Å². The van der Waals surface area contributed by atoms with Gasteiger partial charge < -0.3 is 10.1 Å². The molecule has 3 aromatic heterocycles. The van der Waals surface area contributed by atoms with Gasteiger partial charge in [0.05, 0.1) is 23.7 Å². The number of thiophene rings is 1. The molecule has 0 saturated heterocycles. The SMILES string of the molecule is CCOC(=O)c1sc2nc(C)cc(C)c2c1NC(=O)CSc1nncn1-c1ccccc1C. The number of rotatable bonds is 7. The van der Waals surface area contributed by atoms with E-state index in [1.165, 1.54) is 23.1 Å². The number of nitrogens with one attached hydrogen (secondary N) is 1. The number of anilines is 1. The molecule has 10 heteroatoms. The molecule has 0 fully saturated rings. The van der Waals surface area contributed by atoms with Crippen LogP contribution in [0.15, 0.2) is 41.8 Å². The number of nitrogens with zero attached hydrogens (tertiary/aromatic N) is 4. The number of aryl methyl sites for hydroxylation is 3. The van der Waals surface area contributed by atoms with Crippen LogP contribution in [-0.2, 0) is 9.53 Å². The molecular weight excluding hydrogens is 458 g/mol. The van der Waals surface area contributed by atoms with Crippen molar-refractivity contribution in [2.45, 2.75) is 32.9 Å². The minimum atomic E-state index is -0.472. The van der Waals surface area contributed by atoms with Gasteiger partial charge in [-0.3, -0.25) is 9.36 Å². The van der Waals surface area contributed by atoms with Crippen molar-refractivity contribution in [2.75, 3.05) is 17.7 Å². The minimum absolute atomic E-state index is 0.0997. The second-order valence-corrected chi connectivity index (χ2v) is 9.34. The first-order chi connectivity index (χ1) is 15.9. The van der Waals surface area contributed by atoms with Crippen LogP contribution in [0.3, 0.4) is 0 Å². The van der Waals surface area contributed by atoms with Crippen molar-refractivity contribution in [3.8, 4) is 5.69 Å². The Morgan fingerprint density at radius 1 is 1.18 bits per heavy atom. The van der Waals surface area contributed by atoms with E-state index in [1.807, 2.05) is 55.7 Å². The van der Waals surface area contributed by atoms with Crippen LogP contribution in [0, 0.1) is 20.8 Å². The Hall–Kier alpha value is -3.24. The fourth-order valence-corrected chi connectivity index (χ4v) is 5.40. The van der Waals surface area contributed by atoms with Crippen molar-refractivity contribution < 1.29 is 14.3 Å². The molecule has 0 unspecified atom stereocenters. The molecule has 33 heavy (non-hydrogen) atoms. The average molecular weight is 482 g/mol. The predicted molar refractivity (Wildman–Crippen MR) is 131 cm³/mol. The summed E-state index contributed by atoms with van der Waals surface area (Å²) in [5.41, 5.74) is 4.26. The van der Waals surface area contributed by atoms with Crippen LogP contribution in [0.25, 0.3) is 15.9 Å². The van der Waals surface area contributed by atoms with Gasteiger partial charge in [-0.15, -0.1) is 21.5 Å². The number of para-hydroxylation sites is 1. The van der Waals surface area contributed by atoms with Crippen molar-refractivity contribution in [2.24, 2.45) is 0 Å². The number of amides is 1. The number of pyridine rings is 1. The lowest BCUT2D eigenvalue weighted by atomic mass is 10.1. The highest BCUT2D eigenvalue weighted by atomic mass is 32.2. The van der Waals surface area contributed by atoms with E-state index in [0.29, 0.717) is 20.6 Å². The number of aromatic nitrogens is 4. The van der Waals surface area contributed by atoms with Crippen molar-refractivity contribution in [3.05, 3.63) is 58.4 Å². The summed E-state index contributed by atoms with van der Waals surface area (Å²) in [4.78, 5) is 31.1. The standard InChI is InChI=1S/C23H23N5O3S2/c1-5-31-22(30)20-19(18-14(3)10-15(4)25-21(18)33-20)26-17(29)11-32-23-27-24-12-28(23)16-9-7-6-8-13(16)2/h6-10,12H,5,11H2,1-4H3,(H,26,29). The summed E-state index contributed by atoms with van der Waals surface area (Å²) >= 11 is 2.50. The quantitative estimate of drug-likeness (QED) is 0.301. The average Bonchev–Trinajstić information content (AvgIpc) is 3.37. The van der Waals surface area contributed by atoms with Crippen LogP contribution in [-0.4, -0.2) is 44.0 Å². The molecule has 1 aromatic carbocycles. The Bertz CT molecular complexity index is 1350. The molecule has 0 radical (unpaired) electrons. The van der Waals surface area contributed by atoms with Crippen molar-refractivity contribution in [1.29, 1.82) is 0 Å². The Kier molecular flexibility index (Phi) is 6.75. The normalized spacial score (nSPS) is 11.0. The summed E-state index contributed by atoms with van der Waals surface area (Å²) in [5, 5.41) is 12.4. The molecule has 4 rings (SSSR count). The van der Waals surface area contributed by atoms with Crippen LogP contribution in [0.4, 0.5) is 5.69 Å². The molecule has 170 valence electrons. The van der Waals surface area contributed by atoms with Gasteiger partial charge in [-0.25, -0.2) is 9.78 Å². The molecule has 0 saturated carbocycles. The number of fused-ring (bicyclic) bond motifs is 1. The zero-order valence-electron chi connectivity index (χ0n) is 18.7. The number of ether oxygens (including phenoxy) is 1. The number of hydrogen-bond donors (Lipinski definition) is 1. The monoisotopic (exact) mass is 481 g/mol. The molecule has 4 aromatic rings. The highest BCUT2D eigenvalue weighted by Crippen LogP contribution is 2.38. The van der Waals surface area contributed by atoms with Crippen LogP contribution in [0.2, 0.25) is 0 Å². The molecule has 0 spiro atoms. The van der Waals surface area contributed by atoms with Crippen LogP contribution in [0.5, 0.6) is 0 Å². The molecule has 0 aliphatic heterocycles. The van der Waals surface area contributed by atoms with E-state index in [-0.39, 0.29) is 18.3 Å². The van der Waals surface area contributed by atoms with Crippen molar-refractivity contribution in [3.63, 3.8) is 0 Å². The fourth-order valence-electron chi connectivity index (χ4n) is 3.53. The summed E-state index contributed by atoms with van der Waals surface area (Å²) in [6.07, 6.45) is 1.63. The maximum absolute atomic E-state index is 12.9. The van der Waals surface area contributed by atoms with E-state index in [2.05, 4.69) is 20.5 Å². The second-order valence-electron chi connectivity index (χ2n) is 7.39. The number of hydrogen-bond acceptors (Lipinski definition) is 8. The largest absolute Gasteiger partial charge is 0.462 e. The summed E-state index contributed by atoms with van der Waals surface area (Å²) in [6.45, 7) is 7.84. The first kappa shape index (κ1) is 22.9. The van der Waals surface area contributed by atoms with Gasteiger partial charge in [0.25, 0.3) is 0 Å². The smallest absolute Gasteiger partial charge is 0.350 e. The third kappa shape index (κ3) is 4.76. The van der Waals surface area contributed by atoms with E-state index in [9.17, 15) is 9.59 Å². The maximum Gasteiger partial charge on any atom is 0.350 e. The Labute approximate surface area is 199 Å². The lowest BCUT2D eigenvalue weighted by Gasteiger charge is -2.10. The highest BCUT2D eigenvalue weighted by molar-refractivity contribution is 7.99. The first-order valence-corrected chi connectivity index (χ1v) is 12.2. The molecule has 0 aliphatic carbocycles. The van der Waals surface area contributed by atoms with E-state index in [4.69, 9.17) is 4.74 Å². The van der Waals surface area contributed by atoms with Gasteiger partial charge in [-0.2, -0.15) is 0 Å². The molecule has 3 heterocycles. The Balaban J connectivity index is 1.58. The zero-order chi connectivity index (χ0) is 23.5.